The van der Waals surface area contributed by atoms with Crippen LogP contribution in [0.15, 0.2) is 36.4 Å². The van der Waals surface area contributed by atoms with Gasteiger partial charge in [0, 0.05) is 0 Å². The number of hydrogen-bond acceptors (Lipinski definition) is 3. The van der Waals surface area contributed by atoms with E-state index in [1.165, 1.54) is 6.42 Å². The van der Waals surface area contributed by atoms with Gasteiger partial charge in [-0.3, -0.25) is 0 Å². The molecule has 0 bridgehead atoms. The Morgan fingerprint density at radius 3 is 2.46 bits per heavy atom. The maximum atomic E-state index is 12.5. The number of aliphatic hydroxyl groups excluding tert-OH is 1. The zero-order valence-electron chi connectivity index (χ0n) is 15.3. The minimum atomic E-state index is -1.02. The largest absolute Gasteiger partial charge is 0.459 e. The van der Waals surface area contributed by atoms with E-state index in [0.29, 0.717) is 23.3 Å². The van der Waals surface area contributed by atoms with Crippen LogP contribution in [0.4, 0.5) is 0 Å². The van der Waals surface area contributed by atoms with Crippen LogP contribution in [0, 0.1) is 24.7 Å². The van der Waals surface area contributed by atoms with Crippen LogP contribution in [-0.4, -0.2) is 17.2 Å². The van der Waals surface area contributed by atoms with Crippen LogP contribution in [-0.2, 0) is 9.53 Å². The second kappa shape index (κ2) is 7.98. The molecule has 0 saturated heterocycles. The van der Waals surface area contributed by atoms with Gasteiger partial charge >= 0.3 is 5.97 Å². The van der Waals surface area contributed by atoms with E-state index < -0.39 is 12.1 Å². The van der Waals surface area contributed by atoms with E-state index in [1.807, 2.05) is 31.2 Å². The molecule has 24 heavy (non-hydrogen) atoms. The molecule has 1 N–H and O–H groups in total. The second-order valence-electron chi connectivity index (χ2n) is 7.61. The lowest BCUT2D eigenvalue weighted by molar-refractivity contribution is -0.152. The van der Waals surface area contributed by atoms with Crippen molar-refractivity contribution in [2.75, 3.05) is 0 Å². The fourth-order valence-corrected chi connectivity index (χ4v) is 3.52. The van der Waals surface area contributed by atoms with E-state index in [-0.39, 0.29) is 11.7 Å². The van der Waals surface area contributed by atoms with Crippen LogP contribution < -0.4 is 0 Å². The Kier molecular flexibility index (Phi) is 6.22. The Morgan fingerprint density at radius 2 is 1.88 bits per heavy atom. The van der Waals surface area contributed by atoms with Gasteiger partial charge in [-0.1, -0.05) is 63.6 Å². The minimum absolute atomic E-state index is 0.0804. The third-order valence-corrected chi connectivity index (χ3v) is 5.21. The molecule has 0 unspecified atom stereocenters. The molecule has 1 aromatic rings. The number of hydrogen-bond donors (Lipinski definition) is 1. The standard InChI is InChI=1S/C21H30O3/c1-13(2)18-11-8-15(4)12-19(18)24-21(23)16(5)20(22)17-9-6-14(3)7-10-17/h6-7,9-10,13,15,18-20,22H,5,8,11-12H2,1-4H3/t15-,18+,19-,20-/m1/s1. The first-order valence-electron chi connectivity index (χ1n) is 8.94. The van der Waals surface area contributed by atoms with Crippen molar-refractivity contribution in [3.8, 4) is 0 Å². The van der Waals surface area contributed by atoms with Gasteiger partial charge in [-0.25, -0.2) is 4.79 Å². The van der Waals surface area contributed by atoms with Crippen LogP contribution >= 0.6 is 0 Å². The van der Waals surface area contributed by atoms with Crippen LogP contribution in [0.2, 0.25) is 0 Å². The first kappa shape index (κ1) is 18.7. The zero-order valence-corrected chi connectivity index (χ0v) is 15.3. The van der Waals surface area contributed by atoms with Crippen LogP contribution in [0.25, 0.3) is 0 Å². The summed E-state index contributed by atoms with van der Waals surface area (Å²) in [5, 5.41) is 10.4. The highest BCUT2D eigenvalue weighted by Gasteiger charge is 2.34. The van der Waals surface area contributed by atoms with E-state index in [4.69, 9.17) is 4.74 Å². The van der Waals surface area contributed by atoms with Gasteiger partial charge in [-0.2, -0.15) is 0 Å². The lowest BCUT2D eigenvalue weighted by Crippen LogP contribution is -2.36. The highest BCUT2D eigenvalue weighted by molar-refractivity contribution is 5.89. The molecule has 1 aliphatic rings. The van der Waals surface area contributed by atoms with Gasteiger partial charge in [0.2, 0.25) is 0 Å². The molecule has 132 valence electrons. The fourth-order valence-electron chi connectivity index (χ4n) is 3.52. The smallest absolute Gasteiger partial charge is 0.336 e. The van der Waals surface area contributed by atoms with Crippen molar-refractivity contribution in [1.82, 2.24) is 0 Å². The highest BCUT2D eigenvalue weighted by Crippen LogP contribution is 2.36. The topological polar surface area (TPSA) is 46.5 Å². The maximum absolute atomic E-state index is 12.5. The minimum Gasteiger partial charge on any atom is -0.459 e. The predicted molar refractivity (Wildman–Crippen MR) is 96.5 cm³/mol. The molecule has 1 aliphatic carbocycles. The normalized spacial score (nSPS) is 25.3. The first-order chi connectivity index (χ1) is 11.3. The van der Waals surface area contributed by atoms with Gasteiger partial charge in [0.15, 0.2) is 0 Å². The second-order valence-corrected chi connectivity index (χ2v) is 7.61. The predicted octanol–water partition coefficient (Wildman–Crippen LogP) is 4.59. The van der Waals surface area contributed by atoms with Crippen LogP contribution in [0.5, 0.6) is 0 Å². The van der Waals surface area contributed by atoms with Gasteiger partial charge in [0.05, 0.1) is 5.57 Å². The Balaban J connectivity index is 2.04. The van der Waals surface area contributed by atoms with E-state index in [0.717, 1.165) is 18.4 Å². The molecular formula is C21H30O3. The molecule has 3 nitrogen and oxygen atoms in total. The molecular weight excluding hydrogens is 300 g/mol. The van der Waals surface area contributed by atoms with E-state index in [2.05, 4.69) is 27.4 Å². The third kappa shape index (κ3) is 4.47. The monoisotopic (exact) mass is 330 g/mol. The van der Waals surface area contributed by atoms with Crippen molar-refractivity contribution in [2.24, 2.45) is 17.8 Å². The van der Waals surface area contributed by atoms with E-state index >= 15 is 0 Å². The summed E-state index contributed by atoms with van der Waals surface area (Å²) in [5.41, 5.74) is 1.88. The summed E-state index contributed by atoms with van der Waals surface area (Å²) < 4.78 is 5.77. The van der Waals surface area contributed by atoms with Gasteiger partial charge < -0.3 is 9.84 Å². The van der Waals surface area contributed by atoms with Crippen LogP contribution in [0.3, 0.4) is 0 Å². The fraction of sp³-hybridized carbons (Fsp3) is 0.571. The Hall–Kier alpha value is -1.61. The van der Waals surface area contributed by atoms with Gasteiger partial charge in [-0.15, -0.1) is 0 Å². The highest BCUT2D eigenvalue weighted by atomic mass is 16.5. The maximum Gasteiger partial charge on any atom is 0.336 e. The molecule has 1 saturated carbocycles. The van der Waals surface area contributed by atoms with Crippen molar-refractivity contribution in [1.29, 1.82) is 0 Å². The average molecular weight is 330 g/mol. The number of rotatable bonds is 5. The number of esters is 1. The summed E-state index contributed by atoms with van der Waals surface area (Å²) in [7, 11) is 0. The average Bonchev–Trinajstić information content (AvgIpc) is 2.54. The van der Waals surface area contributed by atoms with Gasteiger partial charge in [0.1, 0.15) is 12.2 Å². The Bertz CT molecular complexity index is 573. The Labute approximate surface area is 145 Å². The van der Waals surface area contributed by atoms with Crippen LogP contribution in [0.1, 0.15) is 57.3 Å². The summed E-state index contributed by atoms with van der Waals surface area (Å²) in [6.45, 7) is 12.3. The molecule has 0 heterocycles. The summed E-state index contributed by atoms with van der Waals surface area (Å²) in [6, 6.07) is 7.46. The molecule has 0 aliphatic heterocycles. The van der Waals surface area contributed by atoms with Crippen molar-refractivity contribution in [3.63, 3.8) is 0 Å². The molecule has 3 heteroatoms. The number of carbonyl (C=O) groups is 1. The molecule has 1 fully saturated rings. The molecule has 2 rings (SSSR count). The molecule has 0 amide bonds. The van der Waals surface area contributed by atoms with Crippen molar-refractivity contribution in [2.45, 2.75) is 59.2 Å². The summed E-state index contributed by atoms with van der Waals surface area (Å²) in [5.74, 6) is 0.945. The number of aryl methyl sites for hydroxylation is 1. The van der Waals surface area contributed by atoms with E-state index in [9.17, 15) is 9.90 Å². The van der Waals surface area contributed by atoms with E-state index in [1.54, 1.807) is 0 Å². The molecule has 0 aromatic heterocycles. The quantitative estimate of drug-likeness (QED) is 0.634. The molecule has 0 spiro atoms. The van der Waals surface area contributed by atoms with Crippen molar-refractivity contribution >= 4 is 5.97 Å². The number of ether oxygens (including phenoxy) is 1. The number of benzene rings is 1. The lowest BCUT2D eigenvalue weighted by Gasteiger charge is -2.37. The number of carbonyl (C=O) groups excluding carboxylic acids is 1. The third-order valence-electron chi connectivity index (χ3n) is 5.21. The molecule has 1 aromatic carbocycles. The summed E-state index contributed by atoms with van der Waals surface area (Å²) >= 11 is 0. The molecule has 4 atom stereocenters. The van der Waals surface area contributed by atoms with Gasteiger partial charge in [0.25, 0.3) is 0 Å². The SMILES string of the molecule is C=C(C(=O)O[C@@H]1C[C@H](C)CC[C@H]1C(C)C)[C@@H](O)c1ccc(C)cc1. The Morgan fingerprint density at radius 1 is 1.25 bits per heavy atom. The summed E-state index contributed by atoms with van der Waals surface area (Å²) in [4.78, 5) is 12.5. The lowest BCUT2D eigenvalue weighted by atomic mass is 9.75. The molecule has 0 radical (unpaired) electrons. The van der Waals surface area contributed by atoms with Crippen molar-refractivity contribution < 1.29 is 14.6 Å². The van der Waals surface area contributed by atoms with Gasteiger partial charge in [-0.05, 0) is 43.1 Å². The zero-order chi connectivity index (χ0) is 17.9. The first-order valence-corrected chi connectivity index (χ1v) is 8.94. The number of aliphatic hydroxyl groups is 1. The van der Waals surface area contributed by atoms with Crippen molar-refractivity contribution in [3.05, 3.63) is 47.5 Å². The summed E-state index contributed by atoms with van der Waals surface area (Å²) in [6.07, 6.45) is 2.07.